The highest BCUT2D eigenvalue weighted by molar-refractivity contribution is 6.05. The molecule has 6 heteroatoms. The van der Waals surface area contributed by atoms with Gasteiger partial charge in [0, 0.05) is 20.4 Å². The molecule has 0 fully saturated rings. The molecule has 86 valence electrons. The van der Waals surface area contributed by atoms with Crippen molar-refractivity contribution in [1.82, 2.24) is 10.3 Å². The van der Waals surface area contributed by atoms with Crippen molar-refractivity contribution in [3.63, 3.8) is 0 Å². The summed E-state index contributed by atoms with van der Waals surface area (Å²) in [6.07, 6.45) is 1.47. The quantitative estimate of drug-likeness (QED) is 0.731. The van der Waals surface area contributed by atoms with Crippen molar-refractivity contribution >= 4 is 11.8 Å². The second kappa shape index (κ2) is 5.22. The van der Waals surface area contributed by atoms with E-state index in [0.29, 0.717) is 12.2 Å². The Bertz CT molecular complexity index is 418. The average molecular weight is 223 g/mol. The Kier molecular flexibility index (Phi) is 3.96. The molecule has 1 aromatic heterocycles. The summed E-state index contributed by atoms with van der Waals surface area (Å²) in [5.41, 5.74) is 5.97. The Morgan fingerprint density at radius 3 is 2.75 bits per heavy atom. The first-order chi connectivity index (χ1) is 7.60. The van der Waals surface area contributed by atoms with Gasteiger partial charge in [0.05, 0.1) is 12.2 Å². The minimum Gasteiger partial charge on any atom is -0.380 e. The summed E-state index contributed by atoms with van der Waals surface area (Å²) in [6.45, 7) is 0.307. The second-order valence-corrected chi connectivity index (χ2v) is 3.12. The molecule has 1 rings (SSSR count). The van der Waals surface area contributed by atoms with Crippen molar-refractivity contribution < 1.29 is 14.3 Å². The smallest absolute Gasteiger partial charge is 0.270 e. The number of ether oxygens (including phenoxy) is 1. The highest BCUT2D eigenvalue weighted by atomic mass is 16.5. The standard InChI is InChI=1S/C10H13N3O3/c1-12-10(15)8-7(9(11)14)3-6(4-13-8)5-16-2/h3-4H,5H2,1-2H3,(H2,11,14)(H,12,15). The largest absolute Gasteiger partial charge is 0.380 e. The van der Waals surface area contributed by atoms with Crippen LogP contribution in [0.2, 0.25) is 0 Å². The van der Waals surface area contributed by atoms with E-state index in [0.717, 1.165) is 0 Å². The third-order valence-electron chi connectivity index (χ3n) is 1.96. The molecular formula is C10H13N3O3. The van der Waals surface area contributed by atoms with Crippen LogP contribution in [0.25, 0.3) is 0 Å². The number of nitrogens with one attached hydrogen (secondary N) is 1. The van der Waals surface area contributed by atoms with Crippen LogP contribution in [0.1, 0.15) is 26.4 Å². The number of nitrogens with two attached hydrogens (primary N) is 1. The monoisotopic (exact) mass is 223 g/mol. The van der Waals surface area contributed by atoms with Crippen LogP contribution in [-0.4, -0.2) is 31.0 Å². The van der Waals surface area contributed by atoms with Gasteiger partial charge < -0.3 is 15.8 Å². The Morgan fingerprint density at radius 1 is 1.56 bits per heavy atom. The predicted molar refractivity (Wildman–Crippen MR) is 56.9 cm³/mol. The van der Waals surface area contributed by atoms with Gasteiger partial charge in [-0.05, 0) is 11.6 Å². The number of methoxy groups -OCH3 is 1. The van der Waals surface area contributed by atoms with E-state index in [-0.39, 0.29) is 11.3 Å². The molecule has 1 heterocycles. The summed E-state index contributed by atoms with van der Waals surface area (Å²) in [7, 11) is 2.98. The Morgan fingerprint density at radius 2 is 2.25 bits per heavy atom. The van der Waals surface area contributed by atoms with Crippen LogP contribution in [-0.2, 0) is 11.3 Å². The fourth-order valence-corrected chi connectivity index (χ4v) is 1.24. The molecule has 0 spiro atoms. The maximum atomic E-state index is 11.4. The van der Waals surface area contributed by atoms with Gasteiger partial charge in [-0.15, -0.1) is 0 Å². The molecule has 0 aliphatic heterocycles. The summed E-state index contributed by atoms with van der Waals surface area (Å²) in [4.78, 5) is 26.5. The number of primary amides is 1. The number of hydrogen-bond acceptors (Lipinski definition) is 4. The first-order valence-corrected chi connectivity index (χ1v) is 4.60. The van der Waals surface area contributed by atoms with E-state index >= 15 is 0 Å². The molecule has 3 N–H and O–H groups in total. The van der Waals surface area contributed by atoms with Gasteiger partial charge in [-0.3, -0.25) is 9.59 Å². The maximum Gasteiger partial charge on any atom is 0.270 e. The molecule has 2 amide bonds. The fraction of sp³-hybridized carbons (Fsp3) is 0.300. The van der Waals surface area contributed by atoms with Gasteiger partial charge in [0.15, 0.2) is 0 Å². The number of rotatable bonds is 4. The first kappa shape index (κ1) is 12.1. The van der Waals surface area contributed by atoms with E-state index in [9.17, 15) is 9.59 Å². The highest BCUT2D eigenvalue weighted by Gasteiger charge is 2.16. The SMILES string of the molecule is CNC(=O)c1ncc(COC)cc1C(N)=O. The van der Waals surface area contributed by atoms with Gasteiger partial charge in [-0.1, -0.05) is 0 Å². The number of hydrogen-bond donors (Lipinski definition) is 2. The van der Waals surface area contributed by atoms with E-state index in [4.69, 9.17) is 10.5 Å². The van der Waals surface area contributed by atoms with Crippen molar-refractivity contribution in [3.8, 4) is 0 Å². The van der Waals surface area contributed by atoms with Crippen LogP contribution >= 0.6 is 0 Å². The van der Waals surface area contributed by atoms with E-state index in [1.807, 2.05) is 0 Å². The molecule has 0 saturated heterocycles. The molecular weight excluding hydrogens is 210 g/mol. The molecule has 0 bridgehead atoms. The number of pyridine rings is 1. The lowest BCUT2D eigenvalue weighted by molar-refractivity contribution is 0.0938. The van der Waals surface area contributed by atoms with Gasteiger partial charge in [-0.2, -0.15) is 0 Å². The molecule has 0 saturated carbocycles. The highest BCUT2D eigenvalue weighted by Crippen LogP contribution is 2.09. The van der Waals surface area contributed by atoms with Crippen LogP contribution in [0.15, 0.2) is 12.3 Å². The van der Waals surface area contributed by atoms with Crippen molar-refractivity contribution in [3.05, 3.63) is 29.1 Å². The number of carbonyl (C=O) groups is 2. The molecule has 0 aliphatic carbocycles. The van der Waals surface area contributed by atoms with Crippen LogP contribution in [0.4, 0.5) is 0 Å². The van der Waals surface area contributed by atoms with E-state index in [1.165, 1.54) is 26.4 Å². The molecule has 0 unspecified atom stereocenters. The van der Waals surface area contributed by atoms with Crippen molar-refractivity contribution in [2.45, 2.75) is 6.61 Å². The van der Waals surface area contributed by atoms with E-state index < -0.39 is 11.8 Å². The summed E-state index contributed by atoms with van der Waals surface area (Å²) >= 11 is 0. The van der Waals surface area contributed by atoms with Gasteiger partial charge >= 0.3 is 0 Å². The second-order valence-electron chi connectivity index (χ2n) is 3.12. The lowest BCUT2D eigenvalue weighted by Gasteiger charge is -2.06. The summed E-state index contributed by atoms with van der Waals surface area (Å²) in [5, 5.41) is 2.39. The number of nitrogens with zero attached hydrogens (tertiary/aromatic N) is 1. The lowest BCUT2D eigenvalue weighted by Crippen LogP contribution is -2.25. The number of amides is 2. The van der Waals surface area contributed by atoms with Crippen LogP contribution < -0.4 is 11.1 Å². The van der Waals surface area contributed by atoms with Gasteiger partial charge in [-0.25, -0.2) is 4.98 Å². The van der Waals surface area contributed by atoms with E-state index in [1.54, 1.807) is 0 Å². The van der Waals surface area contributed by atoms with Gasteiger partial charge in [0.2, 0.25) is 0 Å². The zero-order valence-electron chi connectivity index (χ0n) is 9.11. The van der Waals surface area contributed by atoms with Crippen LogP contribution in [0.3, 0.4) is 0 Å². The zero-order valence-corrected chi connectivity index (χ0v) is 9.11. The Labute approximate surface area is 92.8 Å². The molecule has 0 aliphatic rings. The third kappa shape index (κ3) is 2.54. The maximum absolute atomic E-state index is 11.4. The van der Waals surface area contributed by atoms with E-state index in [2.05, 4.69) is 10.3 Å². The topological polar surface area (TPSA) is 94.3 Å². The molecule has 16 heavy (non-hydrogen) atoms. The third-order valence-corrected chi connectivity index (χ3v) is 1.96. The van der Waals surface area contributed by atoms with Crippen LogP contribution in [0.5, 0.6) is 0 Å². The minimum absolute atomic E-state index is 0.0230. The number of aromatic nitrogens is 1. The molecule has 0 atom stereocenters. The number of carbonyl (C=O) groups excluding carboxylic acids is 2. The molecule has 0 aromatic carbocycles. The summed E-state index contributed by atoms with van der Waals surface area (Å²) < 4.78 is 4.90. The minimum atomic E-state index is -0.691. The lowest BCUT2D eigenvalue weighted by atomic mass is 10.1. The summed E-state index contributed by atoms with van der Waals surface area (Å²) in [6, 6.07) is 1.50. The van der Waals surface area contributed by atoms with Crippen molar-refractivity contribution in [2.24, 2.45) is 5.73 Å². The average Bonchev–Trinajstić information content (AvgIpc) is 2.28. The first-order valence-electron chi connectivity index (χ1n) is 4.60. The molecule has 1 aromatic rings. The summed E-state index contributed by atoms with van der Waals surface area (Å²) in [5.74, 6) is -1.14. The molecule has 0 radical (unpaired) electrons. The Hall–Kier alpha value is -1.95. The molecule has 6 nitrogen and oxygen atoms in total. The van der Waals surface area contributed by atoms with Gasteiger partial charge in [0.1, 0.15) is 5.69 Å². The van der Waals surface area contributed by atoms with Crippen LogP contribution in [0, 0.1) is 0 Å². The van der Waals surface area contributed by atoms with Gasteiger partial charge in [0.25, 0.3) is 11.8 Å². The predicted octanol–water partition coefficient (Wildman–Crippen LogP) is -0.313. The van der Waals surface area contributed by atoms with Crippen molar-refractivity contribution in [1.29, 1.82) is 0 Å². The fourth-order valence-electron chi connectivity index (χ4n) is 1.24. The van der Waals surface area contributed by atoms with Crippen molar-refractivity contribution in [2.75, 3.05) is 14.2 Å². The zero-order chi connectivity index (χ0) is 12.1. The Balaban J connectivity index is 3.19. The normalized spacial score (nSPS) is 9.88.